The molecule has 1 aliphatic rings. The number of hydrogen-bond acceptors (Lipinski definition) is 7. The van der Waals surface area contributed by atoms with Gasteiger partial charge in [-0.1, -0.05) is 30.3 Å². The van der Waals surface area contributed by atoms with Crippen LogP contribution in [0.15, 0.2) is 41.4 Å². The second-order valence-corrected chi connectivity index (χ2v) is 7.06. The Morgan fingerprint density at radius 1 is 1.22 bits per heavy atom. The molecular weight excluding hydrogens is 322 g/mol. The van der Waals surface area contributed by atoms with E-state index in [1.807, 2.05) is 51.1 Å². The first-order chi connectivity index (χ1) is 10.6. The minimum absolute atomic E-state index is 0.0142. The van der Waals surface area contributed by atoms with Gasteiger partial charge in [0.2, 0.25) is 0 Å². The standard InChI is InChI=1S/C15H20ClN3O4/c1-15(2,3)19-13-9-12(11-7-5-4-6-8-11)18-14(10-17-13)23-16(20,21)22/h4-9,14,18H,10H2,1-3H3,(H,17,19). The van der Waals surface area contributed by atoms with Crippen molar-refractivity contribution in [3.8, 4) is 0 Å². The minimum Gasteiger partial charge on any atom is -0.366 e. The number of amidine groups is 1. The van der Waals surface area contributed by atoms with Crippen LogP contribution in [0.25, 0.3) is 5.70 Å². The lowest BCUT2D eigenvalue weighted by molar-refractivity contribution is -1.92. The molecule has 0 radical (unpaired) electrons. The number of halogens is 1. The average molecular weight is 342 g/mol. The first-order valence-electron chi connectivity index (χ1n) is 7.08. The summed E-state index contributed by atoms with van der Waals surface area (Å²) in [5.41, 5.74) is 1.22. The van der Waals surface area contributed by atoms with Crippen LogP contribution in [-0.4, -0.2) is 24.1 Å². The summed E-state index contributed by atoms with van der Waals surface area (Å²) in [6, 6.07) is 9.31. The Kier molecular flexibility index (Phi) is 5.28. The molecule has 0 spiro atoms. The Hall–Kier alpha value is -1.64. The molecule has 0 aliphatic carbocycles. The van der Waals surface area contributed by atoms with Crippen molar-refractivity contribution in [2.75, 3.05) is 6.54 Å². The lowest BCUT2D eigenvalue weighted by atomic mass is 10.1. The van der Waals surface area contributed by atoms with Crippen LogP contribution in [0.4, 0.5) is 0 Å². The second kappa shape index (κ2) is 6.86. The molecule has 0 amide bonds. The van der Waals surface area contributed by atoms with E-state index in [0.717, 1.165) is 5.56 Å². The normalized spacial score (nSPS) is 19.3. The van der Waals surface area contributed by atoms with E-state index in [1.54, 1.807) is 6.08 Å². The van der Waals surface area contributed by atoms with Crippen molar-refractivity contribution in [1.29, 1.82) is 0 Å². The van der Waals surface area contributed by atoms with E-state index in [4.69, 9.17) is 0 Å². The average Bonchev–Trinajstić information content (AvgIpc) is 2.59. The van der Waals surface area contributed by atoms with Gasteiger partial charge in [-0.15, -0.1) is 0 Å². The maximum Gasteiger partial charge on any atom is 0.304 e. The predicted molar refractivity (Wildman–Crippen MR) is 77.6 cm³/mol. The highest BCUT2D eigenvalue weighted by molar-refractivity contribution is 5.99. The summed E-state index contributed by atoms with van der Waals surface area (Å²) in [5, 5.41) is 6.13. The molecule has 1 heterocycles. The van der Waals surface area contributed by atoms with Crippen LogP contribution in [0.1, 0.15) is 26.3 Å². The van der Waals surface area contributed by atoms with Crippen molar-refractivity contribution in [3.63, 3.8) is 0 Å². The maximum absolute atomic E-state index is 10.8. The largest absolute Gasteiger partial charge is 0.366 e. The summed E-state index contributed by atoms with van der Waals surface area (Å²) in [5.74, 6) is 0.579. The van der Waals surface area contributed by atoms with Gasteiger partial charge in [-0.05, 0) is 26.3 Å². The molecule has 7 nitrogen and oxygen atoms in total. The molecule has 0 saturated carbocycles. The predicted octanol–water partition coefficient (Wildman–Crippen LogP) is -1.34. The van der Waals surface area contributed by atoms with Gasteiger partial charge < -0.3 is 10.6 Å². The third-order valence-electron chi connectivity index (χ3n) is 2.83. The van der Waals surface area contributed by atoms with E-state index in [0.29, 0.717) is 11.5 Å². The maximum atomic E-state index is 10.8. The Bertz CT molecular complexity index is 591. The highest BCUT2D eigenvalue weighted by Crippen LogP contribution is 2.16. The van der Waals surface area contributed by atoms with Gasteiger partial charge in [-0.2, -0.15) is 14.0 Å². The fourth-order valence-corrected chi connectivity index (χ4v) is 2.42. The molecule has 126 valence electrons. The number of nitrogens with one attached hydrogen (secondary N) is 2. The van der Waals surface area contributed by atoms with Crippen molar-refractivity contribution in [3.05, 3.63) is 42.0 Å². The number of hydrogen-bond donors (Lipinski definition) is 2. The van der Waals surface area contributed by atoms with Gasteiger partial charge in [-0.3, -0.25) is 4.99 Å². The summed E-state index contributed by atoms with van der Waals surface area (Å²) >= 11 is 0. The van der Waals surface area contributed by atoms with E-state index in [1.165, 1.54) is 0 Å². The summed E-state index contributed by atoms with van der Waals surface area (Å²) in [6.07, 6.45) is 0.697. The van der Waals surface area contributed by atoms with E-state index in [9.17, 15) is 14.0 Å². The smallest absolute Gasteiger partial charge is 0.304 e. The number of rotatable bonds is 3. The molecule has 2 rings (SSSR count). The van der Waals surface area contributed by atoms with Gasteiger partial charge in [0, 0.05) is 17.3 Å². The van der Waals surface area contributed by atoms with Gasteiger partial charge >= 0.3 is 6.23 Å². The monoisotopic (exact) mass is 341 g/mol. The van der Waals surface area contributed by atoms with Gasteiger partial charge in [0.15, 0.2) is 0 Å². The summed E-state index contributed by atoms with van der Waals surface area (Å²) in [7, 11) is -4.54. The van der Waals surface area contributed by atoms with Gasteiger partial charge in [0.1, 0.15) is 12.4 Å². The van der Waals surface area contributed by atoms with Crippen LogP contribution in [0.5, 0.6) is 0 Å². The quantitative estimate of drug-likeness (QED) is 0.703. The SMILES string of the molecule is CC(C)(C)NC1=NCC(O[Cl+3]([O-])([O-])[O-])NC(c2ccccc2)=C1. The van der Waals surface area contributed by atoms with Crippen LogP contribution in [0.2, 0.25) is 0 Å². The molecule has 0 aromatic heterocycles. The molecule has 1 unspecified atom stereocenters. The number of aliphatic imine (C=N–C) groups is 1. The zero-order valence-electron chi connectivity index (χ0n) is 13.2. The number of benzene rings is 1. The molecule has 1 aromatic carbocycles. The van der Waals surface area contributed by atoms with Gasteiger partial charge in [0.05, 0.1) is 14.5 Å². The van der Waals surface area contributed by atoms with Crippen molar-refractivity contribution in [2.45, 2.75) is 32.5 Å². The fourth-order valence-electron chi connectivity index (χ4n) is 2.05. The third-order valence-corrected chi connectivity index (χ3v) is 3.26. The highest BCUT2D eigenvalue weighted by atomic mass is 35.7. The second-order valence-electron chi connectivity index (χ2n) is 6.12. The van der Waals surface area contributed by atoms with E-state index in [-0.39, 0.29) is 12.1 Å². The molecule has 1 aliphatic heterocycles. The Labute approximate surface area is 137 Å². The lowest BCUT2D eigenvalue weighted by Crippen LogP contribution is -2.63. The fraction of sp³-hybridized carbons (Fsp3) is 0.400. The lowest BCUT2D eigenvalue weighted by Gasteiger charge is -2.21. The van der Waals surface area contributed by atoms with Crippen LogP contribution in [0, 0.1) is 10.2 Å². The van der Waals surface area contributed by atoms with Crippen molar-refractivity contribution in [2.24, 2.45) is 4.99 Å². The Morgan fingerprint density at radius 3 is 2.43 bits per heavy atom. The molecule has 1 atom stereocenters. The molecule has 23 heavy (non-hydrogen) atoms. The van der Waals surface area contributed by atoms with Gasteiger partial charge in [0.25, 0.3) is 0 Å². The zero-order chi connectivity index (χ0) is 17.1. The van der Waals surface area contributed by atoms with Crippen molar-refractivity contribution >= 4 is 11.5 Å². The first kappa shape index (κ1) is 17.7. The molecular formula is C15H20ClN3O4. The third kappa shape index (κ3) is 6.17. The summed E-state index contributed by atoms with van der Waals surface area (Å²) < 4.78 is 37.0. The van der Waals surface area contributed by atoms with E-state index in [2.05, 4.69) is 19.9 Å². The molecule has 2 N–H and O–H groups in total. The van der Waals surface area contributed by atoms with E-state index < -0.39 is 16.5 Å². The van der Waals surface area contributed by atoms with Gasteiger partial charge in [-0.25, -0.2) is 0 Å². The molecule has 8 heteroatoms. The van der Waals surface area contributed by atoms with Crippen LogP contribution < -0.4 is 24.6 Å². The first-order valence-corrected chi connectivity index (χ1v) is 8.31. The summed E-state index contributed by atoms with van der Waals surface area (Å²) in [4.78, 5) is 4.28. The topological polar surface area (TPSA) is 115 Å². The molecule has 0 bridgehead atoms. The Balaban J connectivity index is 2.29. The summed E-state index contributed by atoms with van der Waals surface area (Å²) in [6.45, 7) is 5.94. The van der Waals surface area contributed by atoms with Crippen LogP contribution >= 0.6 is 0 Å². The molecule has 1 aromatic rings. The number of nitrogens with zero attached hydrogens (tertiary/aromatic N) is 1. The highest BCUT2D eigenvalue weighted by Gasteiger charge is 2.31. The Morgan fingerprint density at radius 2 is 1.87 bits per heavy atom. The molecule has 0 saturated heterocycles. The van der Waals surface area contributed by atoms with Crippen molar-refractivity contribution in [1.82, 2.24) is 10.6 Å². The van der Waals surface area contributed by atoms with Crippen molar-refractivity contribution < 1.29 is 28.5 Å². The van der Waals surface area contributed by atoms with Crippen LogP contribution in [-0.2, 0) is 4.29 Å². The zero-order valence-corrected chi connectivity index (χ0v) is 14.0. The van der Waals surface area contributed by atoms with E-state index >= 15 is 0 Å². The minimum atomic E-state index is -4.54. The molecule has 0 fully saturated rings. The van der Waals surface area contributed by atoms with Crippen LogP contribution in [0.3, 0.4) is 0 Å².